The van der Waals surface area contributed by atoms with Crippen molar-refractivity contribution in [1.82, 2.24) is 10.2 Å². The molecule has 2 rings (SSSR count). The van der Waals surface area contributed by atoms with Gasteiger partial charge in [-0.05, 0) is 24.6 Å². The maximum Gasteiger partial charge on any atom is 0.228 e. The van der Waals surface area contributed by atoms with Crippen molar-refractivity contribution in [1.29, 1.82) is 0 Å². The van der Waals surface area contributed by atoms with Crippen molar-refractivity contribution in [2.75, 3.05) is 38.6 Å². The van der Waals surface area contributed by atoms with E-state index in [-0.39, 0.29) is 5.91 Å². The van der Waals surface area contributed by atoms with Gasteiger partial charge in [-0.15, -0.1) is 11.3 Å². The highest BCUT2D eigenvalue weighted by molar-refractivity contribution is 7.14. The number of nitrogens with zero attached hydrogens (tertiary/aromatic N) is 2. The molecule has 0 spiro atoms. The van der Waals surface area contributed by atoms with Crippen LogP contribution in [0.2, 0.25) is 0 Å². The minimum atomic E-state index is 0.188. The zero-order chi connectivity index (χ0) is 12.3. The van der Waals surface area contributed by atoms with Gasteiger partial charge in [-0.1, -0.05) is 0 Å². The summed E-state index contributed by atoms with van der Waals surface area (Å²) in [6.45, 7) is 2.93. The van der Waals surface area contributed by atoms with Crippen LogP contribution in [0.1, 0.15) is 6.42 Å². The lowest BCUT2D eigenvalue weighted by Gasteiger charge is -2.33. The zero-order valence-electron chi connectivity index (χ0n) is 10.3. The first kappa shape index (κ1) is 12.5. The zero-order valence-corrected chi connectivity index (χ0v) is 11.2. The summed E-state index contributed by atoms with van der Waals surface area (Å²) in [7, 11) is 3.94. The Labute approximate surface area is 106 Å². The smallest absolute Gasteiger partial charge is 0.228 e. The van der Waals surface area contributed by atoms with Gasteiger partial charge in [0.25, 0.3) is 0 Å². The Balaban J connectivity index is 1.92. The molecule has 1 aromatic rings. The van der Waals surface area contributed by atoms with Crippen molar-refractivity contribution >= 4 is 22.2 Å². The van der Waals surface area contributed by atoms with Crippen LogP contribution in [0.3, 0.4) is 0 Å². The van der Waals surface area contributed by atoms with Crippen molar-refractivity contribution in [2.45, 2.75) is 12.5 Å². The van der Waals surface area contributed by atoms with E-state index in [2.05, 4.69) is 17.3 Å². The van der Waals surface area contributed by atoms with Gasteiger partial charge in [0.05, 0.1) is 5.00 Å². The van der Waals surface area contributed by atoms with Gasteiger partial charge in [-0.25, -0.2) is 0 Å². The van der Waals surface area contributed by atoms with E-state index in [9.17, 15) is 4.79 Å². The van der Waals surface area contributed by atoms with Crippen molar-refractivity contribution < 1.29 is 4.79 Å². The van der Waals surface area contributed by atoms with Gasteiger partial charge in [0, 0.05) is 39.1 Å². The first-order valence-corrected chi connectivity index (χ1v) is 6.77. The first-order chi connectivity index (χ1) is 8.18. The molecule has 1 atom stereocenters. The fourth-order valence-electron chi connectivity index (χ4n) is 2.01. The highest BCUT2D eigenvalue weighted by Gasteiger charge is 2.23. The van der Waals surface area contributed by atoms with E-state index in [4.69, 9.17) is 0 Å². The number of amides is 1. The molecule has 0 aromatic carbocycles. The second-order valence-corrected chi connectivity index (χ2v) is 5.37. The molecule has 0 aliphatic carbocycles. The lowest BCUT2D eigenvalue weighted by molar-refractivity contribution is -0.119. The molecule has 1 N–H and O–H groups in total. The number of likely N-dealkylation sites (N-methyl/N-ethyl adjacent to an activating group) is 1. The summed E-state index contributed by atoms with van der Waals surface area (Å²) < 4.78 is 0. The maximum atomic E-state index is 12.1. The van der Waals surface area contributed by atoms with Crippen LogP contribution < -0.4 is 10.2 Å². The van der Waals surface area contributed by atoms with Crippen LogP contribution in [0.25, 0.3) is 0 Å². The molecule has 0 bridgehead atoms. The van der Waals surface area contributed by atoms with Gasteiger partial charge in [-0.3, -0.25) is 4.79 Å². The predicted octanol–water partition coefficient (Wildman–Crippen LogP) is 1.00. The van der Waals surface area contributed by atoms with Gasteiger partial charge in [-0.2, -0.15) is 0 Å². The molecule has 4 nitrogen and oxygen atoms in total. The largest absolute Gasteiger partial charge is 0.314 e. The lowest BCUT2D eigenvalue weighted by atomic mass is 10.1. The van der Waals surface area contributed by atoms with E-state index in [1.54, 1.807) is 16.2 Å². The number of anilines is 1. The molecule has 0 radical (unpaired) electrons. The fraction of sp³-hybridized carbons (Fsp3) is 0.583. The number of rotatable bonds is 3. The van der Waals surface area contributed by atoms with E-state index in [0.717, 1.165) is 24.6 Å². The number of hydrogen-bond acceptors (Lipinski definition) is 4. The van der Waals surface area contributed by atoms with Gasteiger partial charge in [0.1, 0.15) is 0 Å². The molecule has 2 heterocycles. The van der Waals surface area contributed by atoms with Crippen molar-refractivity contribution in [3.63, 3.8) is 0 Å². The average Bonchev–Trinajstić information content (AvgIpc) is 2.84. The van der Waals surface area contributed by atoms with Crippen molar-refractivity contribution in [3.8, 4) is 0 Å². The normalized spacial score (nSPS) is 21.4. The van der Waals surface area contributed by atoms with E-state index >= 15 is 0 Å². The molecule has 1 unspecified atom stereocenters. The highest BCUT2D eigenvalue weighted by Crippen LogP contribution is 2.21. The number of carbonyl (C=O) groups is 1. The monoisotopic (exact) mass is 253 g/mol. The molecule has 1 aromatic heterocycles. The minimum absolute atomic E-state index is 0.188. The molecular weight excluding hydrogens is 234 g/mol. The Hall–Kier alpha value is -0.910. The van der Waals surface area contributed by atoms with Crippen LogP contribution in [0.5, 0.6) is 0 Å². The van der Waals surface area contributed by atoms with Crippen LogP contribution >= 0.6 is 11.3 Å². The molecule has 1 saturated heterocycles. The SMILES string of the molecule is CN(C(=O)CC1CNCCN1C)c1cccs1. The molecular formula is C12H19N3OS. The lowest BCUT2D eigenvalue weighted by Crippen LogP contribution is -2.51. The number of nitrogens with one attached hydrogen (secondary N) is 1. The van der Waals surface area contributed by atoms with Gasteiger partial charge < -0.3 is 15.1 Å². The molecule has 1 amide bonds. The summed E-state index contributed by atoms with van der Waals surface area (Å²) in [6.07, 6.45) is 0.581. The Bertz CT molecular complexity index is 366. The topological polar surface area (TPSA) is 35.6 Å². The number of thiophene rings is 1. The maximum absolute atomic E-state index is 12.1. The molecule has 1 aliphatic rings. The molecule has 5 heteroatoms. The van der Waals surface area contributed by atoms with Crippen LogP contribution in [-0.4, -0.2) is 50.6 Å². The van der Waals surface area contributed by atoms with Gasteiger partial charge >= 0.3 is 0 Å². The van der Waals surface area contributed by atoms with E-state index in [1.165, 1.54) is 0 Å². The Kier molecular flexibility index (Phi) is 4.15. The summed E-state index contributed by atoms with van der Waals surface area (Å²) in [5, 5.41) is 6.34. The summed E-state index contributed by atoms with van der Waals surface area (Å²) in [6, 6.07) is 4.27. The quantitative estimate of drug-likeness (QED) is 0.873. The van der Waals surface area contributed by atoms with Crippen molar-refractivity contribution in [3.05, 3.63) is 17.5 Å². The molecule has 17 heavy (non-hydrogen) atoms. The highest BCUT2D eigenvalue weighted by atomic mass is 32.1. The van der Waals surface area contributed by atoms with Gasteiger partial charge in [0.2, 0.25) is 5.91 Å². The standard InChI is InChI=1S/C12H19N3OS/c1-14-6-5-13-9-10(14)8-11(16)15(2)12-4-3-7-17-12/h3-4,7,10,13H,5-6,8-9H2,1-2H3. The first-order valence-electron chi connectivity index (χ1n) is 5.89. The molecule has 1 fully saturated rings. The van der Waals surface area contributed by atoms with E-state index in [0.29, 0.717) is 12.5 Å². The van der Waals surface area contributed by atoms with Crippen molar-refractivity contribution in [2.24, 2.45) is 0 Å². The van der Waals surface area contributed by atoms with E-state index < -0.39 is 0 Å². The van der Waals surface area contributed by atoms with Crippen LogP contribution in [0, 0.1) is 0 Å². The fourth-order valence-corrected chi connectivity index (χ4v) is 2.73. The number of carbonyl (C=O) groups excluding carboxylic acids is 1. The summed E-state index contributed by atoms with van der Waals surface area (Å²) in [5.41, 5.74) is 0. The predicted molar refractivity (Wildman–Crippen MR) is 71.6 cm³/mol. The number of piperazine rings is 1. The Morgan fingerprint density at radius 2 is 2.53 bits per heavy atom. The second-order valence-electron chi connectivity index (χ2n) is 4.45. The third kappa shape index (κ3) is 3.06. The summed E-state index contributed by atoms with van der Waals surface area (Å²) in [4.78, 5) is 16.2. The summed E-state index contributed by atoms with van der Waals surface area (Å²) in [5.74, 6) is 0.188. The Morgan fingerprint density at radius 1 is 1.71 bits per heavy atom. The number of hydrogen-bond donors (Lipinski definition) is 1. The van der Waals surface area contributed by atoms with Crippen LogP contribution in [0.15, 0.2) is 17.5 Å². The van der Waals surface area contributed by atoms with Gasteiger partial charge in [0.15, 0.2) is 0 Å². The van der Waals surface area contributed by atoms with Crippen LogP contribution in [-0.2, 0) is 4.79 Å². The summed E-state index contributed by atoms with van der Waals surface area (Å²) >= 11 is 1.60. The third-order valence-corrected chi connectivity index (χ3v) is 4.21. The Morgan fingerprint density at radius 3 is 3.18 bits per heavy atom. The second kappa shape index (κ2) is 5.62. The van der Waals surface area contributed by atoms with E-state index in [1.807, 2.05) is 24.6 Å². The third-order valence-electron chi connectivity index (χ3n) is 3.27. The molecule has 0 saturated carbocycles. The average molecular weight is 253 g/mol. The van der Waals surface area contributed by atoms with Crippen LogP contribution in [0.4, 0.5) is 5.00 Å². The molecule has 94 valence electrons. The minimum Gasteiger partial charge on any atom is -0.314 e. The molecule has 1 aliphatic heterocycles.